The summed E-state index contributed by atoms with van der Waals surface area (Å²) in [6.45, 7) is 6.82. The number of rotatable bonds is 8. The second kappa shape index (κ2) is 7.94. The predicted molar refractivity (Wildman–Crippen MR) is 76.9 cm³/mol. The minimum atomic E-state index is -0.164. The van der Waals surface area contributed by atoms with Gasteiger partial charge in [0.1, 0.15) is 0 Å². The molecule has 0 radical (unpaired) electrons. The van der Waals surface area contributed by atoms with Crippen LogP contribution in [0.15, 0.2) is 12.3 Å². The number of carbonyl (C=O) groups is 1. The molecule has 2 atom stereocenters. The first kappa shape index (κ1) is 15.7. The van der Waals surface area contributed by atoms with Crippen molar-refractivity contribution in [1.29, 1.82) is 0 Å². The van der Waals surface area contributed by atoms with Crippen LogP contribution in [0.1, 0.15) is 39.3 Å². The first-order valence-corrected chi connectivity index (χ1v) is 7.05. The van der Waals surface area contributed by atoms with Gasteiger partial charge in [-0.3, -0.25) is 9.48 Å². The van der Waals surface area contributed by atoms with Crippen molar-refractivity contribution in [3.05, 3.63) is 18.0 Å². The molecule has 0 saturated heterocycles. The van der Waals surface area contributed by atoms with Gasteiger partial charge in [-0.05, 0) is 26.3 Å². The Morgan fingerprint density at radius 3 is 2.79 bits per heavy atom. The molecule has 0 aliphatic rings. The number of carbonyl (C=O) groups excluding carboxylic acids is 1. The molecule has 0 aromatic carbocycles. The van der Waals surface area contributed by atoms with E-state index in [-0.39, 0.29) is 18.0 Å². The van der Waals surface area contributed by atoms with E-state index in [1.807, 2.05) is 33.2 Å². The molecule has 2 N–H and O–H groups in total. The van der Waals surface area contributed by atoms with Gasteiger partial charge in [-0.15, -0.1) is 0 Å². The van der Waals surface area contributed by atoms with Crippen molar-refractivity contribution >= 4 is 5.91 Å². The van der Waals surface area contributed by atoms with Gasteiger partial charge in [0.05, 0.1) is 11.7 Å². The van der Waals surface area contributed by atoms with E-state index in [0.29, 0.717) is 0 Å². The molecule has 0 fully saturated rings. The second-order valence-corrected chi connectivity index (χ2v) is 5.10. The average molecular weight is 266 g/mol. The van der Waals surface area contributed by atoms with Crippen molar-refractivity contribution in [1.82, 2.24) is 20.4 Å². The van der Waals surface area contributed by atoms with Crippen molar-refractivity contribution < 1.29 is 4.79 Å². The second-order valence-electron chi connectivity index (χ2n) is 5.10. The van der Waals surface area contributed by atoms with E-state index in [1.165, 1.54) is 0 Å². The van der Waals surface area contributed by atoms with Crippen LogP contribution in [0.3, 0.4) is 0 Å². The minimum Gasteiger partial charge on any atom is -0.352 e. The summed E-state index contributed by atoms with van der Waals surface area (Å²) in [6.07, 6.45) is 4.87. The maximum absolute atomic E-state index is 11.9. The number of hydrogen-bond donors (Lipinski definition) is 2. The lowest BCUT2D eigenvalue weighted by atomic mass is 10.2. The highest BCUT2D eigenvalue weighted by Gasteiger charge is 2.14. The zero-order valence-corrected chi connectivity index (χ0v) is 12.4. The van der Waals surface area contributed by atoms with Gasteiger partial charge in [0, 0.05) is 32.3 Å². The van der Waals surface area contributed by atoms with Crippen molar-refractivity contribution in [3.63, 3.8) is 0 Å². The summed E-state index contributed by atoms with van der Waals surface area (Å²) in [4.78, 5) is 11.9. The smallest absolute Gasteiger partial charge is 0.237 e. The van der Waals surface area contributed by atoms with E-state index in [9.17, 15) is 4.79 Å². The Bertz CT molecular complexity index is 389. The van der Waals surface area contributed by atoms with E-state index in [1.54, 1.807) is 4.68 Å². The fourth-order valence-corrected chi connectivity index (χ4v) is 1.98. The van der Waals surface area contributed by atoms with Crippen molar-refractivity contribution in [3.8, 4) is 0 Å². The molecule has 0 saturated carbocycles. The fourth-order valence-electron chi connectivity index (χ4n) is 1.98. The van der Waals surface area contributed by atoms with Crippen molar-refractivity contribution in [2.24, 2.45) is 7.05 Å². The lowest BCUT2D eigenvalue weighted by Gasteiger charge is -2.17. The van der Waals surface area contributed by atoms with Crippen LogP contribution < -0.4 is 10.6 Å². The summed E-state index contributed by atoms with van der Waals surface area (Å²) in [5, 5.41) is 10.5. The topological polar surface area (TPSA) is 59.0 Å². The third-order valence-electron chi connectivity index (χ3n) is 3.10. The SMILES string of the molecule is CCCC(C)NC(=O)C(C)NCCc1ccn(C)n1. The maximum atomic E-state index is 11.9. The van der Waals surface area contributed by atoms with Crippen LogP contribution >= 0.6 is 0 Å². The molecule has 1 amide bonds. The van der Waals surface area contributed by atoms with Gasteiger partial charge < -0.3 is 10.6 Å². The van der Waals surface area contributed by atoms with Crippen molar-refractivity contribution in [2.45, 2.75) is 52.1 Å². The number of nitrogens with one attached hydrogen (secondary N) is 2. The number of hydrogen-bond acceptors (Lipinski definition) is 3. The van der Waals surface area contributed by atoms with Gasteiger partial charge in [-0.2, -0.15) is 5.10 Å². The van der Waals surface area contributed by atoms with Crippen LogP contribution in [0.2, 0.25) is 0 Å². The highest BCUT2D eigenvalue weighted by molar-refractivity contribution is 5.81. The molecule has 0 aliphatic carbocycles. The Labute approximate surface area is 115 Å². The Morgan fingerprint density at radius 1 is 1.47 bits per heavy atom. The molecule has 1 aromatic rings. The summed E-state index contributed by atoms with van der Waals surface area (Å²) in [7, 11) is 1.90. The lowest BCUT2D eigenvalue weighted by Crippen LogP contribution is -2.45. The maximum Gasteiger partial charge on any atom is 0.237 e. The molecule has 5 nitrogen and oxygen atoms in total. The third-order valence-corrected chi connectivity index (χ3v) is 3.10. The van der Waals surface area contributed by atoms with Gasteiger partial charge in [0.25, 0.3) is 0 Å². The van der Waals surface area contributed by atoms with E-state index in [0.717, 1.165) is 31.5 Å². The largest absolute Gasteiger partial charge is 0.352 e. The quantitative estimate of drug-likeness (QED) is 0.744. The first-order valence-electron chi connectivity index (χ1n) is 7.05. The van der Waals surface area contributed by atoms with Crippen LogP contribution in [0.25, 0.3) is 0 Å². The van der Waals surface area contributed by atoms with Crippen LogP contribution in [0.5, 0.6) is 0 Å². The predicted octanol–water partition coefficient (Wildman–Crippen LogP) is 1.25. The summed E-state index contributed by atoms with van der Waals surface area (Å²) in [5.74, 6) is 0.0713. The standard InChI is InChI=1S/C14H26N4O/c1-5-6-11(2)16-14(19)12(3)15-9-7-13-8-10-18(4)17-13/h8,10-12,15H,5-7,9H2,1-4H3,(H,16,19). The molecular formula is C14H26N4O. The number of aryl methyl sites for hydroxylation is 1. The molecule has 108 valence electrons. The molecule has 1 rings (SSSR count). The van der Waals surface area contributed by atoms with E-state index in [4.69, 9.17) is 0 Å². The molecular weight excluding hydrogens is 240 g/mol. The molecule has 0 bridgehead atoms. The Balaban J connectivity index is 2.23. The lowest BCUT2D eigenvalue weighted by molar-refractivity contribution is -0.123. The molecule has 0 spiro atoms. The highest BCUT2D eigenvalue weighted by Crippen LogP contribution is 1.97. The van der Waals surface area contributed by atoms with Gasteiger partial charge in [0.15, 0.2) is 0 Å². The van der Waals surface area contributed by atoms with E-state index < -0.39 is 0 Å². The fraction of sp³-hybridized carbons (Fsp3) is 0.714. The molecule has 2 unspecified atom stereocenters. The average Bonchev–Trinajstić information content (AvgIpc) is 2.75. The molecule has 19 heavy (non-hydrogen) atoms. The van der Waals surface area contributed by atoms with Gasteiger partial charge >= 0.3 is 0 Å². The van der Waals surface area contributed by atoms with Crippen LogP contribution in [0.4, 0.5) is 0 Å². The van der Waals surface area contributed by atoms with Gasteiger partial charge in [0.2, 0.25) is 5.91 Å². The van der Waals surface area contributed by atoms with Crippen LogP contribution in [0, 0.1) is 0 Å². The Kier molecular flexibility index (Phi) is 6.56. The van der Waals surface area contributed by atoms with E-state index in [2.05, 4.69) is 22.7 Å². The van der Waals surface area contributed by atoms with E-state index >= 15 is 0 Å². The summed E-state index contributed by atoms with van der Waals surface area (Å²) in [5.41, 5.74) is 1.04. The Morgan fingerprint density at radius 2 is 2.21 bits per heavy atom. The summed E-state index contributed by atoms with van der Waals surface area (Å²) >= 11 is 0. The minimum absolute atomic E-state index is 0.0713. The number of aromatic nitrogens is 2. The van der Waals surface area contributed by atoms with Gasteiger partial charge in [-0.25, -0.2) is 0 Å². The normalized spacial score (nSPS) is 14.1. The highest BCUT2D eigenvalue weighted by atomic mass is 16.2. The van der Waals surface area contributed by atoms with Gasteiger partial charge in [-0.1, -0.05) is 13.3 Å². The summed E-state index contributed by atoms with van der Waals surface area (Å²) in [6, 6.07) is 2.08. The zero-order valence-electron chi connectivity index (χ0n) is 12.4. The summed E-state index contributed by atoms with van der Waals surface area (Å²) < 4.78 is 1.79. The molecule has 5 heteroatoms. The van der Waals surface area contributed by atoms with Crippen LogP contribution in [-0.4, -0.2) is 34.3 Å². The Hall–Kier alpha value is -1.36. The monoisotopic (exact) mass is 266 g/mol. The number of nitrogens with zero attached hydrogens (tertiary/aromatic N) is 2. The first-order chi connectivity index (χ1) is 9.02. The number of amides is 1. The molecule has 1 heterocycles. The molecule has 1 aromatic heterocycles. The van der Waals surface area contributed by atoms with Crippen LogP contribution in [-0.2, 0) is 18.3 Å². The zero-order chi connectivity index (χ0) is 14.3. The third kappa shape index (κ3) is 5.87. The van der Waals surface area contributed by atoms with Crippen molar-refractivity contribution in [2.75, 3.05) is 6.54 Å². The molecule has 0 aliphatic heterocycles.